The largest absolute Gasteiger partial charge is 0.351 e. The molecule has 0 spiro atoms. The van der Waals surface area contributed by atoms with Gasteiger partial charge in [-0.15, -0.1) is 0 Å². The number of carbonyl (C=O) groups excluding carboxylic acids is 1. The Hall–Kier alpha value is -0.900. The second-order valence-corrected chi connectivity index (χ2v) is 5.60. The summed E-state index contributed by atoms with van der Waals surface area (Å²) < 4.78 is 13.3. The SMILES string of the molecule is CCC(CC)(CBr)CNC(=O)c1cc(C)cc(F)c1. The van der Waals surface area contributed by atoms with E-state index in [1.807, 2.05) is 0 Å². The molecule has 0 fully saturated rings. The van der Waals surface area contributed by atoms with Gasteiger partial charge in [0.25, 0.3) is 5.91 Å². The quantitative estimate of drug-likeness (QED) is 0.783. The Labute approximate surface area is 122 Å². The third-order valence-corrected chi connectivity index (χ3v) is 4.90. The van der Waals surface area contributed by atoms with Gasteiger partial charge in [0.05, 0.1) is 0 Å². The van der Waals surface area contributed by atoms with Crippen molar-refractivity contribution in [1.82, 2.24) is 5.32 Å². The van der Waals surface area contributed by atoms with Gasteiger partial charge in [-0.25, -0.2) is 4.39 Å². The Morgan fingerprint density at radius 2 is 1.95 bits per heavy atom. The molecule has 0 aliphatic carbocycles. The third-order valence-electron chi connectivity index (χ3n) is 3.71. The summed E-state index contributed by atoms with van der Waals surface area (Å²) in [5, 5.41) is 3.75. The summed E-state index contributed by atoms with van der Waals surface area (Å²) in [4.78, 5) is 12.1. The van der Waals surface area contributed by atoms with Crippen molar-refractivity contribution in [2.45, 2.75) is 33.6 Å². The first-order valence-corrected chi connectivity index (χ1v) is 7.70. The van der Waals surface area contributed by atoms with Crippen molar-refractivity contribution in [3.63, 3.8) is 0 Å². The summed E-state index contributed by atoms with van der Waals surface area (Å²) in [5.41, 5.74) is 1.20. The van der Waals surface area contributed by atoms with Crippen LogP contribution in [0.3, 0.4) is 0 Å². The standard InChI is InChI=1S/C15H21BrFNO/c1-4-15(5-2,9-16)10-18-14(19)12-6-11(3)7-13(17)8-12/h6-8H,4-5,9-10H2,1-3H3,(H,18,19). The third kappa shape index (κ3) is 4.30. The minimum atomic E-state index is -0.372. The number of rotatable bonds is 6. The van der Waals surface area contributed by atoms with Crippen LogP contribution in [0.4, 0.5) is 4.39 Å². The van der Waals surface area contributed by atoms with E-state index in [1.165, 1.54) is 12.1 Å². The number of nitrogens with one attached hydrogen (secondary N) is 1. The zero-order chi connectivity index (χ0) is 14.5. The summed E-state index contributed by atoms with van der Waals surface area (Å²) >= 11 is 3.51. The fraction of sp³-hybridized carbons (Fsp3) is 0.533. The van der Waals surface area contributed by atoms with Crippen molar-refractivity contribution in [2.75, 3.05) is 11.9 Å². The lowest BCUT2D eigenvalue weighted by Gasteiger charge is -2.29. The van der Waals surface area contributed by atoms with E-state index < -0.39 is 0 Å². The van der Waals surface area contributed by atoms with Crippen LogP contribution >= 0.6 is 15.9 Å². The molecule has 19 heavy (non-hydrogen) atoms. The molecule has 1 aromatic carbocycles. The minimum absolute atomic E-state index is 0.0675. The highest BCUT2D eigenvalue weighted by Crippen LogP contribution is 2.27. The maximum atomic E-state index is 13.3. The fourth-order valence-electron chi connectivity index (χ4n) is 1.97. The van der Waals surface area contributed by atoms with Crippen LogP contribution in [0.2, 0.25) is 0 Å². The van der Waals surface area contributed by atoms with E-state index in [-0.39, 0.29) is 17.1 Å². The van der Waals surface area contributed by atoms with E-state index in [0.717, 1.165) is 23.7 Å². The van der Waals surface area contributed by atoms with Crippen LogP contribution in [0.25, 0.3) is 0 Å². The first-order chi connectivity index (χ1) is 8.96. The lowest BCUT2D eigenvalue weighted by atomic mass is 9.84. The van der Waals surface area contributed by atoms with Crippen LogP contribution in [-0.2, 0) is 0 Å². The second kappa shape index (κ2) is 7.04. The van der Waals surface area contributed by atoms with E-state index in [1.54, 1.807) is 13.0 Å². The van der Waals surface area contributed by atoms with Gasteiger partial charge in [-0.05, 0) is 48.9 Å². The van der Waals surface area contributed by atoms with E-state index in [0.29, 0.717) is 12.1 Å². The lowest BCUT2D eigenvalue weighted by molar-refractivity contribution is 0.0932. The highest BCUT2D eigenvalue weighted by molar-refractivity contribution is 9.09. The molecular formula is C15H21BrFNO. The van der Waals surface area contributed by atoms with E-state index in [9.17, 15) is 9.18 Å². The van der Waals surface area contributed by atoms with Gasteiger partial charge in [0.1, 0.15) is 5.82 Å². The first-order valence-electron chi connectivity index (χ1n) is 6.57. The highest BCUT2D eigenvalue weighted by Gasteiger charge is 2.25. The Morgan fingerprint density at radius 1 is 1.32 bits per heavy atom. The average Bonchev–Trinajstić information content (AvgIpc) is 2.39. The summed E-state index contributed by atoms with van der Waals surface area (Å²) in [6, 6.07) is 4.39. The van der Waals surface area contributed by atoms with Crippen LogP contribution < -0.4 is 5.32 Å². The van der Waals surface area contributed by atoms with Crippen LogP contribution in [0.15, 0.2) is 18.2 Å². The lowest BCUT2D eigenvalue weighted by Crippen LogP contribution is -2.38. The van der Waals surface area contributed by atoms with Crippen molar-refractivity contribution in [1.29, 1.82) is 0 Å². The predicted molar refractivity (Wildman–Crippen MR) is 80.3 cm³/mol. The monoisotopic (exact) mass is 329 g/mol. The number of hydrogen-bond donors (Lipinski definition) is 1. The molecule has 0 saturated heterocycles. The Morgan fingerprint density at radius 3 is 2.42 bits per heavy atom. The molecule has 0 aliphatic rings. The van der Waals surface area contributed by atoms with E-state index in [4.69, 9.17) is 0 Å². The van der Waals surface area contributed by atoms with Crippen LogP contribution in [-0.4, -0.2) is 17.8 Å². The smallest absolute Gasteiger partial charge is 0.251 e. The van der Waals surface area contributed by atoms with Crippen molar-refractivity contribution < 1.29 is 9.18 Å². The second-order valence-electron chi connectivity index (χ2n) is 5.04. The van der Waals surface area contributed by atoms with Gasteiger partial charge in [0, 0.05) is 17.4 Å². The molecule has 0 heterocycles. The highest BCUT2D eigenvalue weighted by atomic mass is 79.9. The average molecular weight is 330 g/mol. The number of alkyl halides is 1. The molecule has 1 N–H and O–H groups in total. The number of hydrogen-bond acceptors (Lipinski definition) is 1. The van der Waals surface area contributed by atoms with Gasteiger partial charge in [-0.2, -0.15) is 0 Å². The molecular weight excluding hydrogens is 309 g/mol. The first kappa shape index (κ1) is 16.2. The van der Waals surface area contributed by atoms with Gasteiger partial charge >= 0.3 is 0 Å². The summed E-state index contributed by atoms with van der Waals surface area (Å²) in [5.74, 6) is -0.585. The minimum Gasteiger partial charge on any atom is -0.351 e. The number of halogens is 2. The normalized spacial score (nSPS) is 11.4. The van der Waals surface area contributed by atoms with Crippen LogP contribution in [0.5, 0.6) is 0 Å². The predicted octanol–water partition coefficient (Wildman–Crippen LogP) is 4.07. The van der Waals surface area contributed by atoms with Crippen molar-refractivity contribution in [2.24, 2.45) is 5.41 Å². The van der Waals surface area contributed by atoms with Gasteiger partial charge in [-0.3, -0.25) is 4.79 Å². The zero-order valence-electron chi connectivity index (χ0n) is 11.7. The topological polar surface area (TPSA) is 29.1 Å². The molecule has 0 unspecified atom stereocenters. The molecule has 0 aromatic heterocycles. The maximum absolute atomic E-state index is 13.3. The van der Waals surface area contributed by atoms with E-state index >= 15 is 0 Å². The van der Waals surface area contributed by atoms with Crippen molar-refractivity contribution in [3.05, 3.63) is 35.1 Å². The molecule has 1 rings (SSSR count). The van der Waals surface area contributed by atoms with Gasteiger partial charge in [0.2, 0.25) is 0 Å². The molecule has 0 aliphatic heterocycles. The van der Waals surface area contributed by atoms with Crippen molar-refractivity contribution >= 4 is 21.8 Å². The number of amides is 1. The van der Waals surface area contributed by atoms with Crippen LogP contribution in [0, 0.1) is 18.2 Å². The number of benzene rings is 1. The molecule has 0 saturated carbocycles. The van der Waals surface area contributed by atoms with Crippen molar-refractivity contribution in [3.8, 4) is 0 Å². The summed E-state index contributed by atoms with van der Waals surface area (Å²) in [7, 11) is 0. The van der Waals surface area contributed by atoms with E-state index in [2.05, 4.69) is 35.1 Å². The molecule has 1 aromatic rings. The van der Waals surface area contributed by atoms with Gasteiger partial charge in [-0.1, -0.05) is 29.8 Å². The molecule has 0 bridgehead atoms. The molecule has 0 atom stereocenters. The Bertz CT molecular complexity index is 415. The van der Waals surface area contributed by atoms with Gasteiger partial charge < -0.3 is 5.32 Å². The maximum Gasteiger partial charge on any atom is 0.251 e. The number of carbonyl (C=O) groups is 1. The number of aryl methyl sites for hydroxylation is 1. The molecule has 4 heteroatoms. The zero-order valence-corrected chi connectivity index (χ0v) is 13.3. The Kier molecular flexibility index (Phi) is 5.98. The molecule has 1 amide bonds. The summed E-state index contributed by atoms with van der Waals surface area (Å²) in [6.07, 6.45) is 1.97. The van der Waals surface area contributed by atoms with Gasteiger partial charge in [0.15, 0.2) is 0 Å². The summed E-state index contributed by atoms with van der Waals surface area (Å²) in [6.45, 7) is 6.60. The molecule has 106 valence electrons. The molecule has 0 radical (unpaired) electrons. The van der Waals surface area contributed by atoms with Crippen LogP contribution in [0.1, 0.15) is 42.6 Å². The Balaban J connectivity index is 2.74. The molecule has 2 nitrogen and oxygen atoms in total. The fourth-order valence-corrected chi connectivity index (χ4v) is 2.96.